The second-order valence-electron chi connectivity index (χ2n) is 8.24. The number of carbonyl (C=O) groups is 1. The zero-order valence-corrected chi connectivity index (χ0v) is 19.8. The highest BCUT2D eigenvalue weighted by Crippen LogP contribution is 2.38. The van der Waals surface area contributed by atoms with Crippen LogP contribution in [0.25, 0.3) is 11.0 Å². The van der Waals surface area contributed by atoms with Gasteiger partial charge in [0.25, 0.3) is 0 Å². The van der Waals surface area contributed by atoms with Crippen LogP contribution in [0.2, 0.25) is 0 Å². The highest BCUT2D eigenvalue weighted by molar-refractivity contribution is 9.10. The van der Waals surface area contributed by atoms with Crippen molar-refractivity contribution in [2.75, 3.05) is 23.3 Å². The predicted molar refractivity (Wildman–Crippen MR) is 131 cm³/mol. The summed E-state index contributed by atoms with van der Waals surface area (Å²) in [6.07, 6.45) is 7.83. The minimum absolute atomic E-state index is 0.0932. The van der Waals surface area contributed by atoms with Crippen molar-refractivity contribution in [2.24, 2.45) is 5.73 Å². The summed E-state index contributed by atoms with van der Waals surface area (Å²) in [5.41, 5.74) is 9.22. The van der Waals surface area contributed by atoms with Gasteiger partial charge in [0.15, 0.2) is 5.75 Å². The number of nitrogens with zero attached hydrogens (tertiary/aromatic N) is 4. The van der Waals surface area contributed by atoms with Gasteiger partial charge in [-0.1, -0.05) is 12.1 Å². The number of nitrogens with one attached hydrogen (secondary N) is 2. The number of aromatic amines is 1. The highest BCUT2D eigenvalue weighted by Gasteiger charge is 2.24. The topological polar surface area (TPSA) is 114 Å². The lowest BCUT2D eigenvalue weighted by Crippen LogP contribution is -2.43. The minimum atomic E-state index is -0.650. The number of amides is 1. The van der Waals surface area contributed by atoms with E-state index in [9.17, 15) is 9.18 Å². The minimum Gasteiger partial charge on any atom is -0.407 e. The van der Waals surface area contributed by atoms with Crippen molar-refractivity contribution >= 4 is 44.4 Å². The van der Waals surface area contributed by atoms with Gasteiger partial charge in [0.1, 0.15) is 11.5 Å². The zero-order chi connectivity index (χ0) is 23.7. The first-order chi connectivity index (χ1) is 16.5. The molecule has 4 N–H and O–H groups in total. The van der Waals surface area contributed by atoms with E-state index in [4.69, 9.17) is 10.5 Å². The lowest BCUT2D eigenvalue weighted by Gasteiger charge is -2.33. The highest BCUT2D eigenvalue weighted by atomic mass is 79.9. The number of ether oxygens (including phenoxy) is 1. The molecule has 4 heterocycles. The van der Waals surface area contributed by atoms with Gasteiger partial charge in [-0.3, -0.25) is 10.00 Å². The maximum atomic E-state index is 13.1. The Bertz CT molecular complexity index is 1320. The Labute approximate surface area is 203 Å². The van der Waals surface area contributed by atoms with Crippen LogP contribution in [-0.2, 0) is 6.54 Å². The summed E-state index contributed by atoms with van der Waals surface area (Å²) in [5.74, 6) is -0.00306. The number of aromatic nitrogens is 4. The molecule has 1 amide bonds. The number of rotatable bonds is 5. The van der Waals surface area contributed by atoms with Crippen molar-refractivity contribution in [3.8, 4) is 5.75 Å². The standard InChI is InChI=1S/C23H23BrFN7O2/c24-18-9-27-22-20(21(18)31-7-1-2-16(26)12-31)19(10-28-22)30-23(33)34-17-8-29-32(13-17)11-14-3-5-15(25)6-4-14/h3-6,8-10,13,16H,1-2,7,11-12,26H2,(H,27,28)(H,30,33)/t16-/m1/s1. The Morgan fingerprint density at radius 2 is 2.15 bits per heavy atom. The van der Waals surface area contributed by atoms with Gasteiger partial charge >= 0.3 is 6.09 Å². The number of H-pyrrole nitrogens is 1. The number of hydrogen-bond acceptors (Lipinski definition) is 6. The molecule has 3 aromatic heterocycles. The zero-order valence-electron chi connectivity index (χ0n) is 18.2. The molecule has 0 unspecified atom stereocenters. The van der Waals surface area contributed by atoms with Crippen molar-refractivity contribution in [3.63, 3.8) is 0 Å². The summed E-state index contributed by atoms with van der Waals surface area (Å²) < 4.78 is 21.0. The molecule has 1 saturated heterocycles. The number of nitrogens with two attached hydrogens (primary N) is 1. The molecule has 176 valence electrons. The van der Waals surface area contributed by atoms with E-state index in [1.54, 1.807) is 35.4 Å². The van der Waals surface area contributed by atoms with Gasteiger partial charge in [-0.15, -0.1) is 0 Å². The van der Waals surface area contributed by atoms with Crippen LogP contribution in [-0.4, -0.2) is 45.0 Å². The SMILES string of the molecule is N[C@@H]1CCCN(c2c(Br)cnc3[nH]cc(NC(=O)Oc4cnn(Cc5ccc(F)cc5)c4)c23)C1. The number of benzene rings is 1. The largest absolute Gasteiger partial charge is 0.417 e. The van der Waals surface area contributed by atoms with Gasteiger partial charge in [0, 0.05) is 31.5 Å². The lowest BCUT2D eigenvalue weighted by molar-refractivity contribution is 0.215. The monoisotopic (exact) mass is 527 g/mol. The summed E-state index contributed by atoms with van der Waals surface area (Å²) >= 11 is 3.61. The van der Waals surface area contributed by atoms with Crippen LogP contribution in [0.15, 0.2) is 53.5 Å². The lowest BCUT2D eigenvalue weighted by atomic mass is 10.1. The number of piperidine rings is 1. The molecular formula is C23H23BrFN7O2. The van der Waals surface area contributed by atoms with E-state index in [-0.39, 0.29) is 11.9 Å². The third-order valence-corrected chi connectivity index (χ3v) is 6.30. The van der Waals surface area contributed by atoms with Crippen LogP contribution in [0.3, 0.4) is 0 Å². The molecule has 9 nitrogen and oxygen atoms in total. The van der Waals surface area contributed by atoms with E-state index in [1.165, 1.54) is 18.3 Å². The number of anilines is 2. The maximum absolute atomic E-state index is 13.1. The van der Waals surface area contributed by atoms with Crippen LogP contribution < -0.4 is 20.7 Å². The molecule has 34 heavy (non-hydrogen) atoms. The Kier molecular flexibility index (Phi) is 6.20. The first-order valence-electron chi connectivity index (χ1n) is 10.9. The van der Waals surface area contributed by atoms with Gasteiger partial charge in [-0.2, -0.15) is 5.10 Å². The normalized spacial score (nSPS) is 16.1. The number of hydrogen-bond donors (Lipinski definition) is 3. The average molecular weight is 528 g/mol. The van der Waals surface area contributed by atoms with Crippen molar-refractivity contribution < 1.29 is 13.9 Å². The molecule has 11 heteroatoms. The number of halogens is 2. The van der Waals surface area contributed by atoms with E-state index in [1.807, 2.05) is 0 Å². The second kappa shape index (κ2) is 9.43. The molecule has 1 atom stereocenters. The third kappa shape index (κ3) is 4.75. The van der Waals surface area contributed by atoms with Gasteiger partial charge in [0.2, 0.25) is 0 Å². The molecule has 0 radical (unpaired) electrons. The first-order valence-corrected chi connectivity index (χ1v) is 11.7. The van der Waals surface area contributed by atoms with Gasteiger partial charge in [-0.25, -0.2) is 14.2 Å². The Morgan fingerprint density at radius 3 is 2.94 bits per heavy atom. The summed E-state index contributed by atoms with van der Waals surface area (Å²) in [5, 5.41) is 7.80. The van der Waals surface area contributed by atoms with E-state index in [2.05, 4.69) is 41.2 Å². The number of fused-ring (bicyclic) bond motifs is 1. The Balaban J connectivity index is 1.32. The van der Waals surface area contributed by atoms with Crippen LogP contribution in [0.1, 0.15) is 18.4 Å². The van der Waals surface area contributed by atoms with E-state index in [0.717, 1.165) is 47.0 Å². The van der Waals surface area contributed by atoms with Gasteiger partial charge in [-0.05, 0) is 46.5 Å². The molecule has 1 aliphatic heterocycles. The quantitative estimate of drug-likeness (QED) is 0.357. The molecule has 0 bridgehead atoms. The van der Waals surface area contributed by atoms with Crippen molar-refractivity contribution in [1.29, 1.82) is 0 Å². The fourth-order valence-corrected chi connectivity index (χ4v) is 4.73. The number of carbonyl (C=O) groups excluding carboxylic acids is 1. The van der Waals surface area contributed by atoms with E-state index >= 15 is 0 Å². The molecule has 1 aromatic carbocycles. The first kappa shape index (κ1) is 22.4. The Morgan fingerprint density at radius 1 is 1.32 bits per heavy atom. The Hall–Kier alpha value is -3.44. The van der Waals surface area contributed by atoms with Gasteiger partial charge in [0.05, 0.1) is 40.2 Å². The summed E-state index contributed by atoms with van der Waals surface area (Å²) in [4.78, 5) is 22.4. The fourth-order valence-electron chi connectivity index (χ4n) is 4.18. The summed E-state index contributed by atoms with van der Waals surface area (Å²) in [7, 11) is 0. The molecule has 0 saturated carbocycles. The summed E-state index contributed by atoms with van der Waals surface area (Å²) in [6, 6.07) is 6.24. The van der Waals surface area contributed by atoms with E-state index in [0.29, 0.717) is 23.6 Å². The van der Waals surface area contributed by atoms with Gasteiger partial charge < -0.3 is 20.4 Å². The molecule has 4 aromatic rings. The molecule has 5 rings (SSSR count). The molecule has 1 fully saturated rings. The molecule has 0 spiro atoms. The summed E-state index contributed by atoms with van der Waals surface area (Å²) in [6.45, 7) is 2.02. The van der Waals surface area contributed by atoms with Crippen molar-refractivity contribution in [3.05, 3.63) is 64.9 Å². The molecule has 0 aliphatic carbocycles. The van der Waals surface area contributed by atoms with Crippen LogP contribution in [0, 0.1) is 5.82 Å². The predicted octanol–water partition coefficient (Wildman–Crippen LogP) is 4.25. The molecular weight excluding hydrogens is 505 g/mol. The average Bonchev–Trinajstić information content (AvgIpc) is 3.42. The van der Waals surface area contributed by atoms with E-state index < -0.39 is 6.09 Å². The molecule has 1 aliphatic rings. The van der Waals surface area contributed by atoms with Crippen LogP contribution >= 0.6 is 15.9 Å². The van der Waals surface area contributed by atoms with Crippen molar-refractivity contribution in [1.82, 2.24) is 19.7 Å². The maximum Gasteiger partial charge on any atom is 0.417 e. The van der Waals surface area contributed by atoms with Crippen LogP contribution in [0.5, 0.6) is 5.75 Å². The smallest absolute Gasteiger partial charge is 0.407 e. The van der Waals surface area contributed by atoms with Crippen LogP contribution in [0.4, 0.5) is 20.6 Å². The second-order valence-corrected chi connectivity index (χ2v) is 9.10. The third-order valence-electron chi connectivity index (χ3n) is 5.72. The number of pyridine rings is 1. The van der Waals surface area contributed by atoms with Crippen molar-refractivity contribution in [2.45, 2.75) is 25.4 Å². The fraction of sp³-hybridized carbons (Fsp3) is 0.261.